The van der Waals surface area contributed by atoms with Crippen LogP contribution in [0.2, 0.25) is 16.6 Å². The zero-order chi connectivity index (χ0) is 24.7. The Bertz CT molecular complexity index is 1010. The maximum absolute atomic E-state index is 13.9. The fourth-order valence-electron chi connectivity index (χ4n) is 6.86. The quantitative estimate of drug-likeness (QED) is 0.339. The standard InChI is InChI=1S/C26H41N3O3Si/c1-17(2)15-26(12-9-13-28(26)25(31)32)24(30)21-10-11-23-22(14-21)16-27-29(23)33(18(3)4,19(5)6)20(7)8/h10-11,14,16-20H,9,12-13,15H2,1-8H3,(H,31,32). The summed E-state index contributed by atoms with van der Waals surface area (Å²) in [5, 5.41) is 15.7. The molecule has 6 nitrogen and oxygen atoms in total. The zero-order valence-corrected chi connectivity index (χ0v) is 22.6. The van der Waals surface area contributed by atoms with Crippen molar-refractivity contribution in [3.05, 3.63) is 30.0 Å². The second-order valence-electron chi connectivity index (χ2n) is 11.2. The van der Waals surface area contributed by atoms with Gasteiger partial charge < -0.3 is 5.11 Å². The van der Waals surface area contributed by atoms with Crippen molar-refractivity contribution in [1.29, 1.82) is 0 Å². The van der Waals surface area contributed by atoms with Crippen molar-refractivity contribution in [2.24, 2.45) is 5.92 Å². The molecule has 1 aromatic heterocycles. The largest absolute Gasteiger partial charge is 0.465 e. The number of hydrogen-bond donors (Lipinski definition) is 1. The predicted molar refractivity (Wildman–Crippen MR) is 137 cm³/mol. The van der Waals surface area contributed by atoms with Crippen molar-refractivity contribution in [2.45, 2.75) is 96.8 Å². The molecule has 1 atom stereocenters. The van der Waals surface area contributed by atoms with Gasteiger partial charge in [-0.3, -0.25) is 14.0 Å². The summed E-state index contributed by atoms with van der Waals surface area (Å²) >= 11 is 0. The number of aromatic nitrogens is 2. The van der Waals surface area contributed by atoms with Crippen molar-refractivity contribution in [1.82, 2.24) is 14.3 Å². The van der Waals surface area contributed by atoms with Crippen LogP contribution in [0, 0.1) is 5.92 Å². The van der Waals surface area contributed by atoms with E-state index in [1.165, 1.54) is 4.90 Å². The zero-order valence-electron chi connectivity index (χ0n) is 21.6. The third-order valence-electron chi connectivity index (χ3n) is 7.86. The minimum absolute atomic E-state index is 0.0779. The van der Waals surface area contributed by atoms with Gasteiger partial charge in [0.2, 0.25) is 0 Å². The first-order chi connectivity index (χ1) is 15.4. The molecule has 7 heteroatoms. The van der Waals surface area contributed by atoms with Crippen molar-refractivity contribution in [3.8, 4) is 0 Å². The number of amides is 1. The Balaban J connectivity index is 2.12. The fraction of sp³-hybridized carbons (Fsp3) is 0.654. The van der Waals surface area contributed by atoms with Gasteiger partial charge in [-0.25, -0.2) is 4.79 Å². The lowest BCUT2D eigenvalue weighted by molar-refractivity contribution is 0.0585. The SMILES string of the molecule is CC(C)CC1(C(=O)c2ccc3c(cnn3[Si](C(C)C)(C(C)C)C(C)C)c2)CCCN1C(=O)O. The molecule has 1 aliphatic heterocycles. The Morgan fingerprint density at radius 2 is 1.67 bits per heavy atom. The van der Waals surface area contributed by atoms with Crippen LogP contribution in [0.25, 0.3) is 10.9 Å². The molecule has 0 radical (unpaired) electrons. The molecule has 0 saturated carbocycles. The van der Waals surface area contributed by atoms with E-state index >= 15 is 0 Å². The van der Waals surface area contributed by atoms with Gasteiger partial charge in [0, 0.05) is 17.5 Å². The first-order valence-corrected chi connectivity index (χ1v) is 14.6. The molecule has 2 aromatic rings. The lowest BCUT2D eigenvalue weighted by Gasteiger charge is -2.43. The van der Waals surface area contributed by atoms with Crippen molar-refractivity contribution < 1.29 is 14.7 Å². The number of ketones is 1. The molecule has 33 heavy (non-hydrogen) atoms. The topological polar surface area (TPSA) is 75.4 Å². The monoisotopic (exact) mass is 471 g/mol. The fourth-order valence-corrected chi connectivity index (χ4v) is 13.2. The van der Waals surface area contributed by atoms with Crippen molar-refractivity contribution in [2.75, 3.05) is 6.54 Å². The number of benzene rings is 1. The Hall–Kier alpha value is -2.15. The van der Waals surface area contributed by atoms with E-state index in [1.807, 2.05) is 24.4 Å². The summed E-state index contributed by atoms with van der Waals surface area (Å²) in [5.74, 6) is 0.140. The third-order valence-corrected chi connectivity index (χ3v) is 14.5. The van der Waals surface area contributed by atoms with Gasteiger partial charge in [-0.05, 0) is 60.0 Å². The summed E-state index contributed by atoms with van der Waals surface area (Å²) in [4.78, 5) is 27.3. The van der Waals surface area contributed by atoms with E-state index in [1.54, 1.807) is 0 Å². The molecule has 0 spiro atoms. The van der Waals surface area contributed by atoms with Crippen LogP contribution in [0.5, 0.6) is 0 Å². The third kappa shape index (κ3) is 4.02. The minimum atomic E-state index is -2.01. The van der Waals surface area contributed by atoms with Crippen LogP contribution in [0.1, 0.15) is 85.0 Å². The molecule has 182 valence electrons. The average molecular weight is 472 g/mol. The highest BCUT2D eigenvalue weighted by atomic mass is 28.3. The molecule has 3 rings (SSSR count). The molecule has 1 aliphatic rings. The van der Waals surface area contributed by atoms with Gasteiger partial charge >= 0.3 is 6.09 Å². The van der Waals surface area contributed by atoms with Gasteiger partial charge in [0.15, 0.2) is 14.0 Å². The molecular formula is C26H41N3O3Si. The Kier molecular flexibility index (Phi) is 7.13. The Morgan fingerprint density at radius 1 is 1.06 bits per heavy atom. The summed E-state index contributed by atoms with van der Waals surface area (Å²) in [6, 6.07) is 5.86. The lowest BCUT2D eigenvalue weighted by Crippen LogP contribution is -2.53. The summed E-state index contributed by atoms with van der Waals surface area (Å²) < 4.78 is 2.31. The van der Waals surface area contributed by atoms with Crippen molar-refractivity contribution >= 4 is 31.0 Å². The molecular weight excluding hydrogens is 430 g/mol. The number of carbonyl (C=O) groups is 2. The first-order valence-electron chi connectivity index (χ1n) is 12.4. The van der Waals surface area contributed by atoms with Gasteiger partial charge in [-0.2, -0.15) is 5.10 Å². The van der Waals surface area contributed by atoms with E-state index in [2.05, 4.69) is 59.7 Å². The minimum Gasteiger partial charge on any atom is -0.465 e. The summed E-state index contributed by atoms with van der Waals surface area (Å²) in [6.07, 6.45) is 2.73. The van der Waals surface area contributed by atoms with Gasteiger partial charge in [-0.1, -0.05) is 55.4 Å². The number of carboxylic acid groups (broad SMARTS) is 1. The number of likely N-dealkylation sites (tertiary alicyclic amines) is 1. The van der Waals surface area contributed by atoms with E-state index < -0.39 is 19.9 Å². The van der Waals surface area contributed by atoms with E-state index in [9.17, 15) is 14.7 Å². The van der Waals surface area contributed by atoms with Gasteiger partial charge in [0.05, 0.1) is 11.7 Å². The Labute approximate surface area is 199 Å². The molecule has 1 aromatic carbocycles. The highest BCUT2D eigenvalue weighted by Crippen LogP contribution is 2.44. The van der Waals surface area contributed by atoms with Crippen LogP contribution in [0.4, 0.5) is 4.79 Å². The Morgan fingerprint density at radius 3 is 2.18 bits per heavy atom. The summed E-state index contributed by atoms with van der Waals surface area (Å²) in [5.41, 5.74) is 2.22. The van der Waals surface area contributed by atoms with E-state index in [0.29, 0.717) is 41.6 Å². The molecule has 1 amide bonds. The normalized spacial score (nSPS) is 19.6. The number of hydrogen-bond acceptors (Lipinski definition) is 3. The highest BCUT2D eigenvalue weighted by Gasteiger charge is 2.50. The second kappa shape index (κ2) is 9.24. The number of carbonyl (C=O) groups excluding carboxylic acids is 1. The van der Waals surface area contributed by atoms with Gasteiger partial charge in [0.1, 0.15) is 5.54 Å². The van der Waals surface area contributed by atoms with Crippen LogP contribution in [0.15, 0.2) is 24.4 Å². The lowest BCUT2D eigenvalue weighted by atomic mass is 9.80. The number of nitrogens with zero attached hydrogens (tertiary/aromatic N) is 3. The maximum Gasteiger partial charge on any atom is 0.408 e. The molecule has 1 fully saturated rings. The molecule has 2 heterocycles. The van der Waals surface area contributed by atoms with E-state index in [-0.39, 0.29) is 11.7 Å². The summed E-state index contributed by atoms with van der Waals surface area (Å²) in [6.45, 7) is 18.4. The average Bonchev–Trinajstić information content (AvgIpc) is 3.31. The van der Waals surface area contributed by atoms with Crippen LogP contribution >= 0.6 is 0 Å². The van der Waals surface area contributed by atoms with Crippen LogP contribution < -0.4 is 0 Å². The number of Topliss-reactive ketones (excluding diaryl/α,β-unsaturated/α-hetero) is 1. The number of rotatable bonds is 8. The smallest absolute Gasteiger partial charge is 0.408 e. The molecule has 1 unspecified atom stereocenters. The molecule has 0 aliphatic carbocycles. The van der Waals surface area contributed by atoms with E-state index in [4.69, 9.17) is 5.10 Å². The van der Waals surface area contributed by atoms with E-state index in [0.717, 1.165) is 17.3 Å². The van der Waals surface area contributed by atoms with Crippen LogP contribution in [-0.2, 0) is 0 Å². The first kappa shape index (κ1) is 25.5. The maximum atomic E-state index is 13.9. The van der Waals surface area contributed by atoms with Crippen LogP contribution in [-0.4, -0.2) is 51.6 Å². The highest BCUT2D eigenvalue weighted by molar-refractivity contribution is 6.82. The second-order valence-corrected chi connectivity index (χ2v) is 16.8. The number of fused-ring (bicyclic) bond motifs is 1. The van der Waals surface area contributed by atoms with Crippen LogP contribution in [0.3, 0.4) is 0 Å². The van der Waals surface area contributed by atoms with Gasteiger partial charge in [0.25, 0.3) is 0 Å². The van der Waals surface area contributed by atoms with Crippen molar-refractivity contribution in [3.63, 3.8) is 0 Å². The molecule has 0 bridgehead atoms. The molecule has 1 N–H and O–H groups in total. The molecule has 1 saturated heterocycles. The van der Waals surface area contributed by atoms with Gasteiger partial charge in [-0.15, -0.1) is 0 Å². The predicted octanol–water partition coefficient (Wildman–Crippen LogP) is 6.80. The summed E-state index contributed by atoms with van der Waals surface area (Å²) in [7, 11) is -2.01.